The summed E-state index contributed by atoms with van der Waals surface area (Å²) in [6.45, 7) is 5.55. The Morgan fingerprint density at radius 1 is 1.38 bits per heavy atom. The van der Waals surface area contributed by atoms with Gasteiger partial charge in [-0.15, -0.1) is 0 Å². The lowest BCUT2D eigenvalue weighted by Crippen LogP contribution is -2.48. The summed E-state index contributed by atoms with van der Waals surface area (Å²) in [5.41, 5.74) is 6.79. The fraction of sp³-hybridized carbons (Fsp3) is 0.375. The van der Waals surface area contributed by atoms with Gasteiger partial charge in [0.25, 0.3) is 0 Å². The number of hydrogen-bond donors (Lipinski definition) is 2. The first kappa shape index (κ1) is 15.3. The zero-order chi connectivity index (χ0) is 15.5. The molecule has 0 aliphatic rings. The van der Waals surface area contributed by atoms with Crippen LogP contribution >= 0.6 is 0 Å². The highest BCUT2D eigenvalue weighted by Crippen LogP contribution is 2.22. The first-order valence-corrected chi connectivity index (χ1v) is 7.05. The second-order valence-corrected chi connectivity index (χ2v) is 5.44. The molecule has 1 aromatic heterocycles. The molecule has 5 heteroatoms. The van der Waals surface area contributed by atoms with E-state index in [-0.39, 0.29) is 5.91 Å². The van der Waals surface area contributed by atoms with E-state index in [9.17, 15) is 4.79 Å². The molecule has 0 aliphatic carbocycles. The number of nitrogens with zero attached hydrogens (tertiary/aromatic N) is 1. The fourth-order valence-electron chi connectivity index (χ4n) is 2.12. The molecule has 1 aromatic carbocycles. The first-order valence-electron chi connectivity index (χ1n) is 7.05. The number of oxazole rings is 1. The molecule has 0 bridgehead atoms. The molecule has 3 N–H and O–H groups in total. The molecule has 0 saturated carbocycles. The topological polar surface area (TPSA) is 81.2 Å². The Hall–Kier alpha value is -2.14. The van der Waals surface area contributed by atoms with Crippen molar-refractivity contribution < 1.29 is 9.21 Å². The van der Waals surface area contributed by atoms with Crippen LogP contribution in [0.4, 0.5) is 5.69 Å². The molecular weight excluding hydrogens is 266 g/mol. The lowest BCUT2D eigenvalue weighted by molar-refractivity contribution is -0.120. The third-order valence-electron chi connectivity index (χ3n) is 3.34. The molecule has 5 nitrogen and oxygen atoms in total. The molecule has 2 rings (SSSR count). The summed E-state index contributed by atoms with van der Waals surface area (Å²) in [5.74, 6) is 1.16. The van der Waals surface area contributed by atoms with Crippen molar-refractivity contribution in [2.45, 2.75) is 39.2 Å². The molecule has 1 unspecified atom stereocenters. The first-order chi connectivity index (χ1) is 9.92. The number of anilines is 1. The van der Waals surface area contributed by atoms with E-state index in [1.54, 1.807) is 20.0 Å². The van der Waals surface area contributed by atoms with Gasteiger partial charge in [0.2, 0.25) is 5.91 Å². The maximum Gasteiger partial charge on any atom is 0.244 e. The molecule has 0 radical (unpaired) electrons. The van der Waals surface area contributed by atoms with Crippen molar-refractivity contribution in [3.8, 4) is 11.3 Å². The molecule has 21 heavy (non-hydrogen) atoms. The van der Waals surface area contributed by atoms with Crippen LogP contribution in [-0.4, -0.2) is 16.4 Å². The van der Waals surface area contributed by atoms with Crippen LogP contribution < -0.4 is 11.1 Å². The van der Waals surface area contributed by atoms with Crippen LogP contribution in [0, 0.1) is 6.92 Å². The van der Waals surface area contributed by atoms with Gasteiger partial charge in [0.15, 0.2) is 11.7 Å². The lowest BCUT2D eigenvalue weighted by atomic mass is 9.96. The van der Waals surface area contributed by atoms with Gasteiger partial charge in [-0.25, -0.2) is 4.98 Å². The predicted octanol–water partition coefficient (Wildman–Crippen LogP) is 3.11. The number of amides is 1. The van der Waals surface area contributed by atoms with Crippen LogP contribution in [0.2, 0.25) is 0 Å². The number of carbonyl (C=O) groups excluding carboxylic acids is 1. The van der Waals surface area contributed by atoms with Crippen molar-refractivity contribution in [3.63, 3.8) is 0 Å². The van der Waals surface area contributed by atoms with Crippen LogP contribution in [0.5, 0.6) is 0 Å². The third-order valence-corrected chi connectivity index (χ3v) is 3.34. The number of hydrogen-bond acceptors (Lipinski definition) is 4. The zero-order valence-electron chi connectivity index (χ0n) is 12.6. The second kappa shape index (κ2) is 6.10. The molecule has 0 fully saturated rings. The smallest absolute Gasteiger partial charge is 0.244 e. The standard InChI is InChI=1S/C16H21N3O2/c1-4-9-16(3,17)15(20)19-13-7-5-12(6-8-13)14-10-18-11(2)21-14/h5-8,10H,4,9,17H2,1-3H3,(H,19,20). The van der Waals surface area contributed by atoms with Crippen LogP contribution in [0.25, 0.3) is 11.3 Å². The summed E-state index contributed by atoms with van der Waals surface area (Å²) in [6.07, 6.45) is 3.19. The molecule has 1 atom stereocenters. The number of rotatable bonds is 5. The summed E-state index contributed by atoms with van der Waals surface area (Å²) < 4.78 is 5.46. The van der Waals surface area contributed by atoms with Crippen molar-refractivity contribution in [3.05, 3.63) is 36.4 Å². The number of benzene rings is 1. The minimum absolute atomic E-state index is 0.174. The Morgan fingerprint density at radius 3 is 2.57 bits per heavy atom. The van der Waals surface area contributed by atoms with Crippen LogP contribution in [0.15, 0.2) is 34.9 Å². The minimum atomic E-state index is -0.852. The molecule has 1 heterocycles. The van der Waals surface area contributed by atoms with Crippen molar-refractivity contribution >= 4 is 11.6 Å². The van der Waals surface area contributed by atoms with Gasteiger partial charge in [-0.2, -0.15) is 0 Å². The van der Waals surface area contributed by atoms with Gasteiger partial charge in [0, 0.05) is 18.2 Å². The van der Waals surface area contributed by atoms with Gasteiger partial charge in [0.05, 0.1) is 11.7 Å². The van der Waals surface area contributed by atoms with E-state index in [0.29, 0.717) is 23.8 Å². The molecule has 0 saturated heterocycles. The van der Waals surface area contributed by atoms with Gasteiger partial charge >= 0.3 is 0 Å². The van der Waals surface area contributed by atoms with E-state index >= 15 is 0 Å². The fourth-order valence-corrected chi connectivity index (χ4v) is 2.12. The second-order valence-electron chi connectivity index (χ2n) is 5.44. The monoisotopic (exact) mass is 287 g/mol. The van der Waals surface area contributed by atoms with E-state index in [1.165, 1.54) is 0 Å². The highest BCUT2D eigenvalue weighted by Gasteiger charge is 2.27. The Kier molecular flexibility index (Phi) is 4.43. The number of aryl methyl sites for hydroxylation is 1. The summed E-state index contributed by atoms with van der Waals surface area (Å²) in [6, 6.07) is 7.41. The van der Waals surface area contributed by atoms with Crippen LogP contribution in [0.1, 0.15) is 32.6 Å². The van der Waals surface area contributed by atoms with Crippen molar-refractivity contribution in [1.82, 2.24) is 4.98 Å². The van der Waals surface area contributed by atoms with E-state index < -0.39 is 5.54 Å². The maximum atomic E-state index is 12.1. The molecule has 2 aromatic rings. The molecular formula is C16H21N3O2. The number of nitrogens with two attached hydrogens (primary N) is 1. The maximum absolute atomic E-state index is 12.1. The van der Waals surface area contributed by atoms with Gasteiger partial charge in [-0.05, 0) is 37.6 Å². The normalized spacial score (nSPS) is 13.7. The number of nitrogens with one attached hydrogen (secondary N) is 1. The highest BCUT2D eigenvalue weighted by molar-refractivity contribution is 5.97. The number of carbonyl (C=O) groups is 1. The van der Waals surface area contributed by atoms with Gasteiger partial charge in [-0.1, -0.05) is 13.3 Å². The van der Waals surface area contributed by atoms with Crippen molar-refractivity contribution in [1.29, 1.82) is 0 Å². The van der Waals surface area contributed by atoms with Crippen molar-refractivity contribution in [2.24, 2.45) is 5.73 Å². The summed E-state index contributed by atoms with van der Waals surface area (Å²) in [4.78, 5) is 16.2. The SMILES string of the molecule is CCCC(C)(N)C(=O)Nc1ccc(-c2cnc(C)o2)cc1. The van der Waals surface area contributed by atoms with E-state index in [0.717, 1.165) is 12.0 Å². The van der Waals surface area contributed by atoms with Crippen molar-refractivity contribution in [2.75, 3.05) is 5.32 Å². The molecule has 0 spiro atoms. The summed E-state index contributed by atoms with van der Waals surface area (Å²) in [5, 5.41) is 2.84. The van der Waals surface area contributed by atoms with Gasteiger partial charge in [0.1, 0.15) is 0 Å². The lowest BCUT2D eigenvalue weighted by Gasteiger charge is -2.22. The summed E-state index contributed by atoms with van der Waals surface area (Å²) >= 11 is 0. The van der Waals surface area contributed by atoms with Crippen LogP contribution in [0.3, 0.4) is 0 Å². The van der Waals surface area contributed by atoms with E-state index in [1.807, 2.05) is 31.2 Å². The molecule has 1 amide bonds. The minimum Gasteiger partial charge on any atom is -0.441 e. The predicted molar refractivity (Wildman–Crippen MR) is 82.8 cm³/mol. The van der Waals surface area contributed by atoms with E-state index in [2.05, 4.69) is 10.3 Å². The van der Waals surface area contributed by atoms with E-state index in [4.69, 9.17) is 10.2 Å². The zero-order valence-corrected chi connectivity index (χ0v) is 12.6. The Labute approximate surface area is 124 Å². The van der Waals surface area contributed by atoms with Crippen LogP contribution in [-0.2, 0) is 4.79 Å². The van der Waals surface area contributed by atoms with Gasteiger partial charge in [-0.3, -0.25) is 4.79 Å². The third kappa shape index (κ3) is 3.70. The van der Waals surface area contributed by atoms with Gasteiger partial charge < -0.3 is 15.5 Å². The Morgan fingerprint density at radius 2 is 2.05 bits per heavy atom. The molecule has 112 valence electrons. The number of aromatic nitrogens is 1. The Bertz CT molecular complexity index is 615. The quantitative estimate of drug-likeness (QED) is 0.885. The summed E-state index contributed by atoms with van der Waals surface area (Å²) in [7, 11) is 0. The average Bonchev–Trinajstić information content (AvgIpc) is 2.86. The Balaban J connectivity index is 2.08. The highest BCUT2D eigenvalue weighted by atomic mass is 16.4. The molecule has 0 aliphatic heterocycles. The average molecular weight is 287 g/mol. The largest absolute Gasteiger partial charge is 0.441 e.